The molecule has 0 saturated heterocycles. The average Bonchev–Trinajstić information content (AvgIpc) is 2.32. The molecule has 0 aromatic heterocycles. The molecule has 1 aromatic carbocycles. The zero-order valence-electron chi connectivity index (χ0n) is 10.8. The lowest BCUT2D eigenvalue weighted by atomic mass is 10.1. The summed E-state index contributed by atoms with van der Waals surface area (Å²) in [4.78, 5) is 18.9. The van der Waals surface area contributed by atoms with E-state index >= 15 is 0 Å². The maximum atomic E-state index is 9.48. The van der Waals surface area contributed by atoms with Crippen molar-refractivity contribution in [3.8, 4) is 11.5 Å². The number of benzene rings is 1. The van der Waals surface area contributed by atoms with Crippen LogP contribution in [0.15, 0.2) is 18.2 Å². The second-order valence-corrected chi connectivity index (χ2v) is 3.79. The Morgan fingerprint density at radius 2 is 1.70 bits per heavy atom. The van der Waals surface area contributed by atoms with Gasteiger partial charge in [-0.05, 0) is 24.7 Å². The summed E-state index contributed by atoms with van der Waals surface area (Å²) in [6.45, 7) is 0.407. The molecule has 0 aliphatic heterocycles. The lowest BCUT2D eigenvalue weighted by Crippen LogP contribution is -2.16. The zero-order chi connectivity index (χ0) is 15.7. The van der Waals surface area contributed by atoms with Crippen LogP contribution in [0.25, 0.3) is 0 Å². The number of aliphatic hydroxyl groups is 1. The van der Waals surface area contributed by atoms with Crippen molar-refractivity contribution in [3.63, 3.8) is 0 Å². The summed E-state index contributed by atoms with van der Waals surface area (Å²) < 4.78 is 0. The standard InChI is InChI=1S/C9H13NO3.C3H4O4/c1-10-5-9(13)6-2-3-7(11)8(12)4-6;4-2(5)1-3(6)7/h2-4,9-13H,5H2,1H3;1H2,(H,4,5)(H,6,7). The molecule has 0 saturated carbocycles. The first-order valence-corrected chi connectivity index (χ1v) is 5.56. The molecule has 6 N–H and O–H groups in total. The van der Waals surface area contributed by atoms with Crippen LogP contribution in [0.2, 0.25) is 0 Å². The Labute approximate surface area is 114 Å². The van der Waals surface area contributed by atoms with Crippen LogP contribution < -0.4 is 5.32 Å². The number of aromatic hydroxyl groups is 2. The third-order valence-corrected chi connectivity index (χ3v) is 2.08. The number of carboxylic acids is 2. The predicted octanol–water partition coefficient (Wildman–Crippen LogP) is -0.104. The van der Waals surface area contributed by atoms with Crippen molar-refractivity contribution in [2.45, 2.75) is 12.5 Å². The van der Waals surface area contributed by atoms with E-state index in [-0.39, 0.29) is 11.5 Å². The fourth-order valence-corrected chi connectivity index (χ4v) is 1.19. The van der Waals surface area contributed by atoms with E-state index in [9.17, 15) is 14.7 Å². The van der Waals surface area contributed by atoms with E-state index in [2.05, 4.69) is 5.32 Å². The van der Waals surface area contributed by atoms with Gasteiger partial charge in [0.25, 0.3) is 0 Å². The number of likely N-dealkylation sites (N-methyl/N-ethyl adjacent to an activating group) is 1. The van der Waals surface area contributed by atoms with Crippen molar-refractivity contribution in [1.29, 1.82) is 0 Å². The first-order chi connectivity index (χ1) is 9.27. The van der Waals surface area contributed by atoms with Crippen molar-refractivity contribution in [2.75, 3.05) is 13.6 Å². The monoisotopic (exact) mass is 287 g/mol. The maximum absolute atomic E-state index is 9.48. The predicted molar refractivity (Wildman–Crippen MR) is 68.5 cm³/mol. The highest BCUT2D eigenvalue weighted by atomic mass is 16.4. The molecule has 20 heavy (non-hydrogen) atoms. The van der Waals surface area contributed by atoms with Gasteiger partial charge in [-0.3, -0.25) is 9.59 Å². The van der Waals surface area contributed by atoms with Gasteiger partial charge in [0.15, 0.2) is 11.5 Å². The number of aliphatic carboxylic acids is 2. The van der Waals surface area contributed by atoms with E-state index < -0.39 is 24.5 Å². The van der Waals surface area contributed by atoms with E-state index in [0.29, 0.717) is 12.1 Å². The van der Waals surface area contributed by atoms with Crippen LogP contribution in [-0.2, 0) is 9.59 Å². The normalized spacial score (nSPS) is 11.1. The number of hydrogen-bond donors (Lipinski definition) is 6. The Morgan fingerprint density at radius 1 is 1.15 bits per heavy atom. The molecule has 1 unspecified atom stereocenters. The van der Waals surface area contributed by atoms with Crippen molar-refractivity contribution >= 4 is 11.9 Å². The SMILES string of the molecule is CNCC(O)c1ccc(O)c(O)c1.O=C(O)CC(=O)O. The van der Waals surface area contributed by atoms with E-state index in [1.54, 1.807) is 13.1 Å². The number of hydrogen-bond acceptors (Lipinski definition) is 6. The van der Waals surface area contributed by atoms with Crippen LogP contribution >= 0.6 is 0 Å². The molecular formula is C12H17NO7. The summed E-state index contributed by atoms with van der Waals surface area (Å²) in [5.74, 6) is -3.02. The van der Waals surface area contributed by atoms with Gasteiger partial charge in [0.2, 0.25) is 0 Å². The van der Waals surface area contributed by atoms with Crippen molar-refractivity contribution in [3.05, 3.63) is 23.8 Å². The zero-order valence-corrected chi connectivity index (χ0v) is 10.8. The van der Waals surface area contributed by atoms with Gasteiger partial charge in [-0.2, -0.15) is 0 Å². The third kappa shape index (κ3) is 7.19. The van der Waals surface area contributed by atoms with Gasteiger partial charge < -0.3 is 30.8 Å². The fraction of sp³-hybridized carbons (Fsp3) is 0.333. The summed E-state index contributed by atoms with van der Waals surface area (Å²) in [6, 6.07) is 4.26. The van der Waals surface area contributed by atoms with Gasteiger partial charge in [0.1, 0.15) is 6.42 Å². The van der Waals surface area contributed by atoms with Gasteiger partial charge in [-0.15, -0.1) is 0 Å². The third-order valence-electron chi connectivity index (χ3n) is 2.08. The molecule has 0 heterocycles. The van der Waals surface area contributed by atoms with Gasteiger partial charge >= 0.3 is 11.9 Å². The van der Waals surface area contributed by atoms with E-state index in [1.165, 1.54) is 12.1 Å². The van der Waals surface area contributed by atoms with E-state index in [0.717, 1.165) is 0 Å². The number of carboxylic acid groups (broad SMARTS) is 2. The highest BCUT2D eigenvalue weighted by molar-refractivity contribution is 5.88. The Balaban J connectivity index is 0.000000441. The van der Waals surface area contributed by atoms with Gasteiger partial charge in [0, 0.05) is 6.54 Å². The largest absolute Gasteiger partial charge is 0.504 e. The Bertz CT molecular complexity index is 449. The number of aliphatic hydroxyl groups excluding tert-OH is 1. The first kappa shape index (κ1) is 17.7. The fourth-order valence-electron chi connectivity index (χ4n) is 1.19. The van der Waals surface area contributed by atoms with Crippen LogP contribution in [-0.4, -0.2) is 51.1 Å². The quantitative estimate of drug-likeness (QED) is 0.325. The Kier molecular flexibility index (Phi) is 7.71. The number of nitrogens with one attached hydrogen (secondary N) is 1. The number of phenols is 2. The molecule has 0 radical (unpaired) electrons. The Morgan fingerprint density at radius 3 is 2.05 bits per heavy atom. The molecule has 112 valence electrons. The minimum Gasteiger partial charge on any atom is -0.504 e. The second-order valence-electron chi connectivity index (χ2n) is 3.79. The number of rotatable bonds is 5. The molecular weight excluding hydrogens is 270 g/mol. The van der Waals surface area contributed by atoms with Gasteiger partial charge in [0.05, 0.1) is 6.10 Å². The number of carbonyl (C=O) groups is 2. The highest BCUT2D eigenvalue weighted by Gasteiger charge is 2.08. The van der Waals surface area contributed by atoms with Gasteiger partial charge in [-0.25, -0.2) is 0 Å². The minimum atomic E-state index is -1.31. The molecule has 0 amide bonds. The van der Waals surface area contributed by atoms with E-state index in [1.807, 2.05) is 0 Å². The van der Waals surface area contributed by atoms with Crippen LogP contribution in [0, 0.1) is 0 Å². The van der Waals surface area contributed by atoms with Crippen molar-refractivity contribution in [1.82, 2.24) is 5.32 Å². The second kappa shape index (κ2) is 8.73. The minimum absolute atomic E-state index is 0.180. The van der Waals surface area contributed by atoms with Crippen molar-refractivity contribution in [2.24, 2.45) is 0 Å². The van der Waals surface area contributed by atoms with Crippen molar-refractivity contribution < 1.29 is 35.1 Å². The Hall–Kier alpha value is -2.32. The van der Waals surface area contributed by atoms with E-state index in [4.69, 9.17) is 20.4 Å². The lowest BCUT2D eigenvalue weighted by Gasteiger charge is -2.10. The molecule has 0 aliphatic rings. The van der Waals surface area contributed by atoms with Gasteiger partial charge in [-0.1, -0.05) is 6.07 Å². The first-order valence-electron chi connectivity index (χ1n) is 5.56. The molecule has 0 aliphatic carbocycles. The van der Waals surface area contributed by atoms with Crippen LogP contribution in [0.1, 0.15) is 18.1 Å². The smallest absolute Gasteiger partial charge is 0.314 e. The maximum Gasteiger partial charge on any atom is 0.314 e. The summed E-state index contributed by atoms with van der Waals surface area (Å²) in [6.07, 6.45) is -1.48. The van der Waals surface area contributed by atoms with Crippen LogP contribution in [0.3, 0.4) is 0 Å². The topological polar surface area (TPSA) is 147 Å². The molecule has 1 rings (SSSR count). The summed E-state index contributed by atoms with van der Waals surface area (Å²) in [5.41, 5.74) is 0.574. The highest BCUT2D eigenvalue weighted by Crippen LogP contribution is 2.27. The average molecular weight is 287 g/mol. The molecule has 0 fully saturated rings. The van der Waals surface area contributed by atoms with Crippen LogP contribution in [0.5, 0.6) is 11.5 Å². The molecule has 0 spiro atoms. The molecule has 8 heteroatoms. The lowest BCUT2D eigenvalue weighted by molar-refractivity contribution is -0.147. The molecule has 0 bridgehead atoms. The summed E-state index contributed by atoms with van der Waals surface area (Å²) in [7, 11) is 1.73. The van der Waals surface area contributed by atoms with Crippen LogP contribution in [0.4, 0.5) is 0 Å². The summed E-state index contributed by atoms with van der Waals surface area (Å²) >= 11 is 0. The molecule has 1 atom stereocenters. The molecule has 8 nitrogen and oxygen atoms in total. The molecule has 1 aromatic rings. The number of phenolic OH excluding ortho intramolecular Hbond substituents is 2. The summed E-state index contributed by atoms with van der Waals surface area (Å²) in [5, 5.41) is 45.8.